The Hall–Kier alpha value is -2.80. The normalized spacial score (nSPS) is 12.9. The van der Waals surface area contributed by atoms with Crippen LogP contribution in [0.2, 0.25) is 0 Å². The van der Waals surface area contributed by atoms with Crippen molar-refractivity contribution < 1.29 is 0 Å². The molecule has 0 saturated carbocycles. The molecule has 1 unspecified atom stereocenters. The molecule has 2 aromatic heterocycles. The highest BCUT2D eigenvalue weighted by atomic mass is 15.5. The van der Waals surface area contributed by atoms with Gasteiger partial charge >= 0.3 is 0 Å². The third-order valence-corrected chi connectivity index (χ3v) is 5.57. The van der Waals surface area contributed by atoms with Crippen LogP contribution in [0.5, 0.6) is 0 Å². The van der Waals surface area contributed by atoms with Gasteiger partial charge in [0.1, 0.15) is 11.0 Å². The Labute approximate surface area is 171 Å². The van der Waals surface area contributed by atoms with E-state index in [0.29, 0.717) is 19.3 Å². The van der Waals surface area contributed by atoms with Gasteiger partial charge in [-0.2, -0.15) is 0 Å². The van der Waals surface area contributed by atoms with Gasteiger partial charge in [-0.3, -0.25) is 4.90 Å². The molecule has 0 aliphatic carbocycles. The Morgan fingerprint density at radius 1 is 0.828 bits per heavy atom. The zero-order valence-corrected chi connectivity index (χ0v) is 17.3. The van der Waals surface area contributed by atoms with E-state index in [1.807, 2.05) is 45.8 Å². The molecule has 0 saturated heterocycles. The van der Waals surface area contributed by atoms with E-state index >= 15 is 0 Å². The summed E-state index contributed by atoms with van der Waals surface area (Å²) in [5, 5.41) is 17.4. The maximum Gasteiger partial charge on any atom is 0.113 e. The fraction of sp³-hybridized carbons (Fsp3) is 0.455. The topological polar surface area (TPSA) is 64.7 Å². The van der Waals surface area contributed by atoms with E-state index in [1.54, 1.807) is 0 Å². The molecule has 4 rings (SSSR count). The quantitative estimate of drug-likeness (QED) is 0.403. The van der Waals surface area contributed by atoms with Gasteiger partial charge < -0.3 is 0 Å². The number of benzene rings is 2. The molecule has 152 valence electrons. The predicted octanol–water partition coefficient (Wildman–Crippen LogP) is 4.31. The van der Waals surface area contributed by atoms with Crippen LogP contribution in [0.1, 0.15) is 39.5 Å². The molecule has 0 fully saturated rings. The van der Waals surface area contributed by atoms with Crippen LogP contribution >= 0.6 is 0 Å². The first kappa shape index (κ1) is 19.5. The number of hydrogen-bond donors (Lipinski definition) is 0. The van der Waals surface area contributed by atoms with Crippen molar-refractivity contribution in [3.05, 3.63) is 48.5 Å². The molecule has 0 aliphatic heterocycles. The second-order valence-corrected chi connectivity index (χ2v) is 7.71. The minimum atomic E-state index is 0.652. The lowest BCUT2D eigenvalue weighted by atomic mass is 9.99. The molecule has 0 bridgehead atoms. The van der Waals surface area contributed by atoms with Gasteiger partial charge in [0.05, 0.1) is 24.4 Å². The molecule has 7 heteroatoms. The minimum Gasteiger partial charge on any atom is -0.264 e. The first-order valence-electron chi connectivity index (χ1n) is 10.6. The molecule has 0 amide bonds. The fourth-order valence-corrected chi connectivity index (χ4v) is 3.87. The summed E-state index contributed by atoms with van der Waals surface area (Å²) >= 11 is 0. The van der Waals surface area contributed by atoms with E-state index in [1.165, 1.54) is 25.7 Å². The molecule has 0 radical (unpaired) electrons. The summed E-state index contributed by atoms with van der Waals surface area (Å²) < 4.78 is 3.97. The van der Waals surface area contributed by atoms with Crippen molar-refractivity contribution in [1.82, 2.24) is 34.9 Å². The number of fused-ring (bicyclic) bond motifs is 2. The lowest BCUT2D eigenvalue weighted by Gasteiger charge is -2.27. The van der Waals surface area contributed by atoms with Crippen LogP contribution in [0.15, 0.2) is 48.5 Å². The van der Waals surface area contributed by atoms with Gasteiger partial charge in [0.25, 0.3) is 0 Å². The first-order valence-corrected chi connectivity index (χ1v) is 10.6. The van der Waals surface area contributed by atoms with Crippen LogP contribution in [0.25, 0.3) is 22.1 Å². The van der Waals surface area contributed by atoms with Gasteiger partial charge in [0.2, 0.25) is 0 Å². The van der Waals surface area contributed by atoms with Crippen molar-refractivity contribution in [2.45, 2.75) is 52.9 Å². The molecule has 2 aromatic carbocycles. The van der Waals surface area contributed by atoms with Gasteiger partial charge in [-0.25, -0.2) is 9.36 Å². The molecule has 4 aromatic rings. The van der Waals surface area contributed by atoms with E-state index in [2.05, 4.69) is 51.5 Å². The molecular formula is C22H29N7. The monoisotopic (exact) mass is 391 g/mol. The molecule has 0 N–H and O–H groups in total. The fourth-order valence-electron chi connectivity index (χ4n) is 3.87. The second-order valence-electron chi connectivity index (χ2n) is 7.71. The maximum absolute atomic E-state index is 4.40. The maximum atomic E-state index is 4.40. The Kier molecular flexibility index (Phi) is 6.14. The summed E-state index contributed by atoms with van der Waals surface area (Å²) in [5.74, 6) is 0.652. The van der Waals surface area contributed by atoms with E-state index in [9.17, 15) is 0 Å². The molecule has 0 spiro atoms. The lowest BCUT2D eigenvalue weighted by Crippen LogP contribution is -2.34. The van der Waals surface area contributed by atoms with E-state index in [-0.39, 0.29) is 0 Å². The average molecular weight is 392 g/mol. The largest absolute Gasteiger partial charge is 0.264 e. The summed E-state index contributed by atoms with van der Waals surface area (Å²) in [7, 11) is 0. The number of nitrogens with zero attached hydrogens (tertiary/aromatic N) is 7. The lowest BCUT2D eigenvalue weighted by molar-refractivity contribution is 0.125. The van der Waals surface area contributed by atoms with Crippen molar-refractivity contribution in [3.63, 3.8) is 0 Å². The van der Waals surface area contributed by atoms with Crippen molar-refractivity contribution in [2.75, 3.05) is 6.54 Å². The number of rotatable bonds is 10. The molecule has 0 aliphatic rings. The molecule has 7 nitrogen and oxygen atoms in total. The Balaban J connectivity index is 1.59. The Morgan fingerprint density at radius 3 is 1.90 bits per heavy atom. The minimum absolute atomic E-state index is 0.652. The molecule has 2 heterocycles. The number of aromatic nitrogens is 6. The van der Waals surface area contributed by atoms with Gasteiger partial charge in [-0.05, 0) is 36.6 Å². The van der Waals surface area contributed by atoms with Gasteiger partial charge in [-0.15, -0.1) is 10.2 Å². The third kappa shape index (κ3) is 4.45. The summed E-state index contributed by atoms with van der Waals surface area (Å²) in [4.78, 5) is 2.41. The van der Waals surface area contributed by atoms with Crippen LogP contribution in [-0.4, -0.2) is 41.4 Å². The Morgan fingerprint density at radius 2 is 1.38 bits per heavy atom. The third-order valence-electron chi connectivity index (χ3n) is 5.57. The predicted molar refractivity (Wildman–Crippen MR) is 115 cm³/mol. The van der Waals surface area contributed by atoms with E-state index < -0.39 is 0 Å². The highest BCUT2D eigenvalue weighted by Crippen LogP contribution is 2.18. The number of para-hydroxylation sites is 2. The summed E-state index contributed by atoms with van der Waals surface area (Å²) in [5.41, 5.74) is 3.97. The summed E-state index contributed by atoms with van der Waals surface area (Å²) in [6.07, 6.45) is 4.93. The van der Waals surface area contributed by atoms with Gasteiger partial charge in [0.15, 0.2) is 0 Å². The molecular weight excluding hydrogens is 362 g/mol. The SMILES string of the molecule is CCCCC(CC)CN(Cn1nnc2ccccc21)Cn1nnc2ccccc21. The smallest absolute Gasteiger partial charge is 0.113 e. The van der Waals surface area contributed by atoms with Crippen LogP contribution in [-0.2, 0) is 13.3 Å². The second kappa shape index (κ2) is 9.13. The van der Waals surface area contributed by atoms with Crippen molar-refractivity contribution in [3.8, 4) is 0 Å². The zero-order chi connectivity index (χ0) is 20.1. The van der Waals surface area contributed by atoms with E-state index in [4.69, 9.17) is 0 Å². The standard InChI is InChI=1S/C22H29N7/c1-3-5-10-18(4-2)15-27(16-28-21-13-8-6-11-19(21)23-25-28)17-29-22-14-9-7-12-20(22)24-26-29/h6-9,11-14,18H,3-5,10,15-17H2,1-2H3. The highest BCUT2D eigenvalue weighted by molar-refractivity contribution is 5.74. The van der Waals surface area contributed by atoms with Crippen molar-refractivity contribution in [1.29, 1.82) is 0 Å². The molecule has 1 atom stereocenters. The first-order chi connectivity index (χ1) is 14.3. The van der Waals surface area contributed by atoms with Crippen molar-refractivity contribution in [2.24, 2.45) is 5.92 Å². The van der Waals surface area contributed by atoms with Crippen LogP contribution in [0, 0.1) is 5.92 Å². The average Bonchev–Trinajstić information content (AvgIpc) is 3.35. The van der Waals surface area contributed by atoms with Crippen LogP contribution in [0.3, 0.4) is 0 Å². The van der Waals surface area contributed by atoms with Crippen LogP contribution < -0.4 is 0 Å². The number of hydrogen-bond acceptors (Lipinski definition) is 5. The molecule has 29 heavy (non-hydrogen) atoms. The van der Waals surface area contributed by atoms with Crippen LogP contribution in [0.4, 0.5) is 0 Å². The number of unbranched alkanes of at least 4 members (excludes halogenated alkanes) is 1. The van der Waals surface area contributed by atoms with E-state index in [0.717, 1.165) is 28.6 Å². The van der Waals surface area contributed by atoms with Gasteiger partial charge in [0, 0.05) is 6.54 Å². The summed E-state index contributed by atoms with van der Waals surface area (Å²) in [6.45, 7) is 6.90. The van der Waals surface area contributed by atoms with Gasteiger partial charge in [-0.1, -0.05) is 67.8 Å². The summed E-state index contributed by atoms with van der Waals surface area (Å²) in [6, 6.07) is 16.2. The highest BCUT2D eigenvalue weighted by Gasteiger charge is 2.17. The Bertz CT molecular complexity index is 975. The zero-order valence-electron chi connectivity index (χ0n) is 17.3. The van der Waals surface area contributed by atoms with Crippen molar-refractivity contribution >= 4 is 22.1 Å².